The van der Waals surface area contributed by atoms with E-state index in [2.05, 4.69) is 42.3 Å². The minimum Gasteiger partial charge on any atom is -0.493 e. The molecule has 2 aromatic carbocycles. The summed E-state index contributed by atoms with van der Waals surface area (Å²) in [7, 11) is 3.38. The van der Waals surface area contributed by atoms with Gasteiger partial charge in [-0.05, 0) is 43.5 Å². The summed E-state index contributed by atoms with van der Waals surface area (Å²) < 4.78 is 11.2. The highest BCUT2D eigenvalue weighted by atomic mass is 16.5. The summed E-state index contributed by atoms with van der Waals surface area (Å²) in [4.78, 5) is 3.69. The van der Waals surface area contributed by atoms with Crippen LogP contribution < -0.4 is 14.8 Å². The summed E-state index contributed by atoms with van der Waals surface area (Å²) in [5, 5.41) is 4.99. The highest BCUT2D eigenvalue weighted by Gasteiger charge is 2.28. The van der Waals surface area contributed by atoms with Crippen LogP contribution in [0.3, 0.4) is 0 Å². The molecule has 0 amide bonds. The van der Waals surface area contributed by atoms with E-state index >= 15 is 0 Å². The van der Waals surface area contributed by atoms with Crippen LogP contribution in [0.25, 0.3) is 10.9 Å². The molecular weight excluding hydrogens is 312 g/mol. The van der Waals surface area contributed by atoms with Crippen molar-refractivity contribution in [3.8, 4) is 11.5 Å². The van der Waals surface area contributed by atoms with Crippen molar-refractivity contribution in [3.63, 3.8) is 0 Å². The Morgan fingerprint density at radius 3 is 2.68 bits per heavy atom. The van der Waals surface area contributed by atoms with E-state index in [0.29, 0.717) is 0 Å². The first-order valence-corrected chi connectivity index (χ1v) is 8.70. The molecule has 1 atom stereocenters. The van der Waals surface area contributed by atoms with Crippen molar-refractivity contribution in [1.82, 2.24) is 10.3 Å². The lowest BCUT2D eigenvalue weighted by atomic mass is 9.93. The maximum Gasteiger partial charge on any atom is 0.165 e. The van der Waals surface area contributed by atoms with Gasteiger partial charge < -0.3 is 19.8 Å². The predicted octanol–water partition coefficient (Wildman–Crippen LogP) is 4.04. The molecule has 0 spiro atoms. The van der Waals surface area contributed by atoms with Crippen molar-refractivity contribution in [3.05, 3.63) is 58.3 Å². The Hall–Kier alpha value is -2.46. The zero-order chi connectivity index (χ0) is 17.6. The van der Waals surface area contributed by atoms with Crippen LogP contribution in [0.1, 0.15) is 34.0 Å². The van der Waals surface area contributed by atoms with Crippen molar-refractivity contribution in [1.29, 1.82) is 0 Å². The molecule has 4 rings (SSSR count). The van der Waals surface area contributed by atoms with E-state index in [1.165, 1.54) is 33.3 Å². The van der Waals surface area contributed by atoms with Crippen molar-refractivity contribution in [2.24, 2.45) is 0 Å². The SMILES string of the molecule is COc1cccc(C2NCCc3c2[nH]c2c(C)cc(C)cc32)c1OC. The Kier molecular flexibility index (Phi) is 3.92. The van der Waals surface area contributed by atoms with Crippen molar-refractivity contribution in [2.45, 2.75) is 26.3 Å². The maximum absolute atomic E-state index is 5.67. The Balaban J connectivity index is 1.93. The molecule has 1 aromatic heterocycles. The van der Waals surface area contributed by atoms with Gasteiger partial charge in [0.1, 0.15) is 0 Å². The molecule has 0 fully saturated rings. The molecule has 0 saturated carbocycles. The molecule has 2 N–H and O–H groups in total. The van der Waals surface area contributed by atoms with E-state index in [-0.39, 0.29) is 6.04 Å². The molecule has 130 valence electrons. The van der Waals surface area contributed by atoms with Crippen LogP contribution in [0, 0.1) is 13.8 Å². The van der Waals surface area contributed by atoms with Crippen molar-refractivity contribution < 1.29 is 9.47 Å². The third-order valence-corrected chi connectivity index (χ3v) is 5.15. The van der Waals surface area contributed by atoms with Gasteiger partial charge >= 0.3 is 0 Å². The molecule has 4 heteroatoms. The number of aryl methyl sites for hydroxylation is 2. The standard InChI is InChI=1S/C21H24N2O2/c1-12-10-13(2)18-16(11-12)14-8-9-22-19(20(14)23-18)15-6-5-7-17(24-3)21(15)25-4/h5-7,10-11,19,22-23H,8-9H2,1-4H3. The summed E-state index contributed by atoms with van der Waals surface area (Å²) in [6, 6.07) is 10.7. The molecule has 1 aliphatic heterocycles. The van der Waals surface area contributed by atoms with Gasteiger partial charge in [0.25, 0.3) is 0 Å². The first-order valence-electron chi connectivity index (χ1n) is 8.70. The lowest BCUT2D eigenvalue weighted by Crippen LogP contribution is -2.30. The number of hydrogen-bond donors (Lipinski definition) is 2. The number of aromatic amines is 1. The van der Waals surface area contributed by atoms with Gasteiger partial charge in [-0.3, -0.25) is 0 Å². The third-order valence-electron chi connectivity index (χ3n) is 5.15. The summed E-state index contributed by atoms with van der Waals surface area (Å²) in [6.07, 6.45) is 1.03. The molecule has 3 aromatic rings. The average Bonchev–Trinajstić information content (AvgIpc) is 3.00. The van der Waals surface area contributed by atoms with E-state index in [1.54, 1.807) is 14.2 Å². The second-order valence-electron chi connectivity index (χ2n) is 6.74. The van der Waals surface area contributed by atoms with Crippen molar-refractivity contribution in [2.75, 3.05) is 20.8 Å². The third kappa shape index (κ3) is 2.48. The van der Waals surface area contributed by atoms with E-state index in [0.717, 1.165) is 30.0 Å². The molecular formula is C21H24N2O2. The van der Waals surface area contributed by atoms with Gasteiger partial charge in [0, 0.05) is 28.7 Å². The number of hydrogen-bond acceptors (Lipinski definition) is 3. The number of aromatic nitrogens is 1. The molecule has 0 radical (unpaired) electrons. The van der Waals surface area contributed by atoms with Crippen LogP contribution in [-0.2, 0) is 6.42 Å². The Labute approximate surface area is 148 Å². The molecule has 0 saturated heterocycles. The fraction of sp³-hybridized carbons (Fsp3) is 0.333. The summed E-state index contributed by atoms with van der Waals surface area (Å²) in [5.41, 5.74) is 7.59. The second-order valence-corrected chi connectivity index (χ2v) is 6.74. The number of ether oxygens (including phenoxy) is 2. The average molecular weight is 336 g/mol. The highest BCUT2D eigenvalue weighted by molar-refractivity contribution is 5.88. The fourth-order valence-electron chi connectivity index (χ4n) is 4.09. The van der Waals surface area contributed by atoms with Crippen LogP contribution in [0.4, 0.5) is 0 Å². The molecule has 25 heavy (non-hydrogen) atoms. The second kappa shape index (κ2) is 6.12. The summed E-state index contributed by atoms with van der Waals surface area (Å²) in [5.74, 6) is 1.55. The van der Waals surface area contributed by atoms with Gasteiger partial charge in [0.15, 0.2) is 11.5 Å². The van der Waals surface area contributed by atoms with Gasteiger partial charge in [0.05, 0.1) is 20.3 Å². The normalized spacial score (nSPS) is 16.7. The fourth-order valence-corrected chi connectivity index (χ4v) is 4.09. The smallest absolute Gasteiger partial charge is 0.165 e. The van der Waals surface area contributed by atoms with Crippen LogP contribution in [-0.4, -0.2) is 25.7 Å². The monoisotopic (exact) mass is 336 g/mol. The first kappa shape index (κ1) is 16.0. The zero-order valence-electron chi connectivity index (χ0n) is 15.2. The van der Waals surface area contributed by atoms with E-state index in [1.807, 2.05) is 12.1 Å². The predicted molar refractivity (Wildman–Crippen MR) is 101 cm³/mol. The number of fused-ring (bicyclic) bond motifs is 3. The Bertz CT molecular complexity index is 943. The largest absolute Gasteiger partial charge is 0.493 e. The Morgan fingerprint density at radius 1 is 1.08 bits per heavy atom. The number of methoxy groups -OCH3 is 2. The van der Waals surface area contributed by atoms with Gasteiger partial charge in [-0.25, -0.2) is 0 Å². The van der Waals surface area contributed by atoms with Crippen LogP contribution in [0.2, 0.25) is 0 Å². The van der Waals surface area contributed by atoms with Crippen molar-refractivity contribution >= 4 is 10.9 Å². The quantitative estimate of drug-likeness (QED) is 0.759. The lowest BCUT2D eigenvalue weighted by Gasteiger charge is -2.26. The van der Waals surface area contributed by atoms with E-state index in [9.17, 15) is 0 Å². The van der Waals surface area contributed by atoms with Crippen LogP contribution >= 0.6 is 0 Å². The van der Waals surface area contributed by atoms with Gasteiger partial charge in [-0.15, -0.1) is 0 Å². The summed E-state index contributed by atoms with van der Waals surface area (Å²) >= 11 is 0. The zero-order valence-corrected chi connectivity index (χ0v) is 15.2. The topological polar surface area (TPSA) is 46.3 Å². The minimum absolute atomic E-state index is 0.0703. The van der Waals surface area contributed by atoms with Gasteiger partial charge in [0.2, 0.25) is 0 Å². The van der Waals surface area contributed by atoms with E-state index < -0.39 is 0 Å². The number of nitrogens with one attached hydrogen (secondary N) is 2. The lowest BCUT2D eigenvalue weighted by molar-refractivity contribution is 0.348. The van der Waals surface area contributed by atoms with Crippen LogP contribution in [0.5, 0.6) is 11.5 Å². The number of para-hydroxylation sites is 1. The molecule has 4 nitrogen and oxygen atoms in total. The molecule has 0 bridgehead atoms. The Morgan fingerprint density at radius 2 is 1.92 bits per heavy atom. The number of rotatable bonds is 3. The molecule has 0 aliphatic carbocycles. The molecule has 1 unspecified atom stereocenters. The van der Waals surface area contributed by atoms with Gasteiger partial charge in [-0.1, -0.05) is 23.8 Å². The van der Waals surface area contributed by atoms with Crippen LogP contribution in [0.15, 0.2) is 30.3 Å². The number of H-pyrrole nitrogens is 1. The first-order chi connectivity index (χ1) is 12.1. The number of benzene rings is 2. The molecule has 2 heterocycles. The summed E-state index contributed by atoms with van der Waals surface area (Å²) in [6.45, 7) is 5.28. The maximum atomic E-state index is 5.67. The van der Waals surface area contributed by atoms with Gasteiger partial charge in [-0.2, -0.15) is 0 Å². The highest BCUT2D eigenvalue weighted by Crippen LogP contribution is 2.41. The minimum atomic E-state index is 0.0703. The van der Waals surface area contributed by atoms with E-state index in [4.69, 9.17) is 9.47 Å². The molecule has 1 aliphatic rings.